The quantitative estimate of drug-likeness (QED) is 0.461. The average molecular weight is 436 g/mol. The lowest BCUT2D eigenvalue weighted by Gasteiger charge is -2.16. The highest BCUT2D eigenvalue weighted by atomic mass is 16.5. The van der Waals surface area contributed by atoms with Gasteiger partial charge < -0.3 is 15.4 Å². The van der Waals surface area contributed by atoms with Gasteiger partial charge in [0.1, 0.15) is 5.70 Å². The summed E-state index contributed by atoms with van der Waals surface area (Å²) < 4.78 is 5.36. The molecule has 2 aromatic carbocycles. The van der Waals surface area contributed by atoms with Crippen molar-refractivity contribution in [3.8, 4) is 0 Å². The number of rotatable bonds is 9. The van der Waals surface area contributed by atoms with Crippen molar-refractivity contribution in [3.05, 3.63) is 64.9 Å². The zero-order valence-electron chi connectivity index (χ0n) is 19.0. The molecule has 0 bridgehead atoms. The number of imide groups is 1. The number of carbonyl (C=O) groups excluding carboxylic acids is 3. The van der Waals surface area contributed by atoms with E-state index in [2.05, 4.69) is 10.6 Å². The molecule has 7 heteroatoms. The normalized spacial score (nSPS) is 13.7. The lowest BCUT2D eigenvalue weighted by Crippen LogP contribution is -2.34. The number of aryl methyl sites for hydroxylation is 1. The molecule has 2 N–H and O–H groups in total. The van der Waals surface area contributed by atoms with Crippen LogP contribution in [-0.2, 0) is 19.1 Å². The van der Waals surface area contributed by atoms with E-state index in [9.17, 15) is 14.4 Å². The highest BCUT2D eigenvalue weighted by Gasteiger charge is 2.39. The lowest BCUT2D eigenvalue weighted by atomic mass is 10.0. The van der Waals surface area contributed by atoms with E-state index in [0.717, 1.165) is 16.8 Å². The molecular weight excluding hydrogens is 406 g/mol. The molecule has 2 aromatic rings. The third-order valence-electron chi connectivity index (χ3n) is 5.40. The van der Waals surface area contributed by atoms with E-state index in [1.165, 1.54) is 11.8 Å². The summed E-state index contributed by atoms with van der Waals surface area (Å²) in [7, 11) is 0. The molecule has 1 aliphatic rings. The Morgan fingerprint density at radius 2 is 1.75 bits per heavy atom. The summed E-state index contributed by atoms with van der Waals surface area (Å²) >= 11 is 0. The Hall–Kier alpha value is -3.45. The van der Waals surface area contributed by atoms with Crippen molar-refractivity contribution in [2.24, 2.45) is 0 Å². The van der Waals surface area contributed by atoms with Crippen LogP contribution < -0.4 is 10.6 Å². The summed E-state index contributed by atoms with van der Waals surface area (Å²) in [6, 6.07) is 12.7. The SMILES string of the molecule is CCOCCCN1C(=O)C(Nc2cccc(C)c2C)=C(c2ccc(NC(C)=O)cc2)C1=O. The van der Waals surface area contributed by atoms with Gasteiger partial charge in [-0.05, 0) is 62.1 Å². The molecule has 0 aliphatic carbocycles. The van der Waals surface area contributed by atoms with E-state index in [1.54, 1.807) is 24.3 Å². The van der Waals surface area contributed by atoms with Crippen LogP contribution in [0.15, 0.2) is 48.2 Å². The second kappa shape index (κ2) is 10.2. The van der Waals surface area contributed by atoms with Crippen molar-refractivity contribution in [3.63, 3.8) is 0 Å². The minimum Gasteiger partial charge on any atom is -0.382 e. The maximum Gasteiger partial charge on any atom is 0.278 e. The minimum atomic E-state index is -0.353. The zero-order valence-corrected chi connectivity index (χ0v) is 19.0. The summed E-state index contributed by atoms with van der Waals surface area (Å²) in [5, 5.41) is 5.93. The molecule has 0 saturated heterocycles. The molecule has 0 atom stereocenters. The maximum atomic E-state index is 13.3. The Morgan fingerprint density at radius 3 is 2.41 bits per heavy atom. The third kappa shape index (κ3) is 5.06. The summed E-state index contributed by atoms with van der Waals surface area (Å²) in [6.45, 7) is 8.66. The van der Waals surface area contributed by atoms with E-state index in [1.807, 2.05) is 39.0 Å². The van der Waals surface area contributed by atoms with Gasteiger partial charge >= 0.3 is 0 Å². The first-order valence-electron chi connectivity index (χ1n) is 10.7. The Labute approximate surface area is 188 Å². The van der Waals surface area contributed by atoms with Crippen LogP contribution in [0.2, 0.25) is 0 Å². The van der Waals surface area contributed by atoms with Gasteiger partial charge in [-0.25, -0.2) is 0 Å². The van der Waals surface area contributed by atoms with E-state index < -0.39 is 0 Å². The predicted octanol–water partition coefficient (Wildman–Crippen LogP) is 3.88. The highest BCUT2D eigenvalue weighted by Crippen LogP contribution is 2.32. The van der Waals surface area contributed by atoms with Gasteiger partial charge in [-0.1, -0.05) is 24.3 Å². The van der Waals surface area contributed by atoms with Gasteiger partial charge in [-0.2, -0.15) is 0 Å². The number of hydrogen-bond acceptors (Lipinski definition) is 5. The smallest absolute Gasteiger partial charge is 0.278 e. The Kier molecular flexibility index (Phi) is 7.43. The second-order valence-corrected chi connectivity index (χ2v) is 7.69. The van der Waals surface area contributed by atoms with Crippen LogP contribution in [0.5, 0.6) is 0 Å². The number of ether oxygens (including phenoxy) is 1. The Balaban J connectivity index is 1.97. The van der Waals surface area contributed by atoms with Gasteiger partial charge in [0.05, 0.1) is 5.57 Å². The van der Waals surface area contributed by atoms with E-state index in [0.29, 0.717) is 36.5 Å². The third-order valence-corrected chi connectivity index (χ3v) is 5.40. The standard InChI is InChI=1S/C25H29N3O4/c1-5-32-15-7-14-28-24(30)22(19-10-12-20(13-11-19)26-18(4)29)23(25(28)31)27-21-9-6-8-16(2)17(21)3/h6,8-13,27H,5,7,14-15H2,1-4H3,(H,26,29). The molecule has 3 rings (SSSR count). The molecule has 0 radical (unpaired) electrons. The summed E-state index contributed by atoms with van der Waals surface area (Å²) in [5.74, 6) is -0.873. The molecule has 1 heterocycles. The van der Waals surface area contributed by atoms with Crippen molar-refractivity contribution >= 4 is 34.7 Å². The van der Waals surface area contributed by atoms with Crippen molar-refractivity contribution in [1.82, 2.24) is 4.90 Å². The van der Waals surface area contributed by atoms with Gasteiger partial charge in [0, 0.05) is 38.1 Å². The van der Waals surface area contributed by atoms with Crippen LogP contribution in [-0.4, -0.2) is 42.4 Å². The molecule has 32 heavy (non-hydrogen) atoms. The molecule has 1 aliphatic heterocycles. The van der Waals surface area contributed by atoms with Crippen LogP contribution in [0.4, 0.5) is 11.4 Å². The van der Waals surface area contributed by atoms with Gasteiger partial charge in [0.2, 0.25) is 5.91 Å². The number of benzene rings is 2. The first kappa shape index (κ1) is 23.2. The average Bonchev–Trinajstić information content (AvgIpc) is 2.98. The fourth-order valence-corrected chi connectivity index (χ4v) is 3.58. The fourth-order valence-electron chi connectivity index (χ4n) is 3.58. The van der Waals surface area contributed by atoms with Crippen LogP contribution in [0.3, 0.4) is 0 Å². The lowest BCUT2D eigenvalue weighted by molar-refractivity contribution is -0.137. The monoisotopic (exact) mass is 435 g/mol. The maximum absolute atomic E-state index is 13.3. The zero-order chi connectivity index (χ0) is 23.3. The van der Waals surface area contributed by atoms with E-state index in [-0.39, 0.29) is 30.0 Å². The molecule has 7 nitrogen and oxygen atoms in total. The highest BCUT2D eigenvalue weighted by molar-refractivity contribution is 6.36. The summed E-state index contributed by atoms with van der Waals surface area (Å²) in [4.78, 5) is 39.1. The molecular formula is C25H29N3O4. The van der Waals surface area contributed by atoms with Crippen LogP contribution >= 0.6 is 0 Å². The molecule has 3 amide bonds. The van der Waals surface area contributed by atoms with Crippen molar-refractivity contribution in [2.75, 3.05) is 30.4 Å². The van der Waals surface area contributed by atoms with Crippen LogP contribution in [0.1, 0.15) is 37.0 Å². The second-order valence-electron chi connectivity index (χ2n) is 7.69. The fraction of sp³-hybridized carbons (Fsp3) is 0.320. The number of carbonyl (C=O) groups is 3. The minimum absolute atomic E-state index is 0.179. The van der Waals surface area contributed by atoms with Gasteiger partial charge in [-0.15, -0.1) is 0 Å². The van der Waals surface area contributed by atoms with E-state index in [4.69, 9.17) is 4.74 Å². The molecule has 0 fully saturated rings. The van der Waals surface area contributed by atoms with Crippen LogP contribution in [0, 0.1) is 13.8 Å². The van der Waals surface area contributed by atoms with Gasteiger partial charge in [0.15, 0.2) is 0 Å². The number of hydrogen-bond donors (Lipinski definition) is 2. The molecule has 168 valence electrons. The topological polar surface area (TPSA) is 87.7 Å². The van der Waals surface area contributed by atoms with Gasteiger partial charge in [-0.3, -0.25) is 19.3 Å². The predicted molar refractivity (Wildman–Crippen MR) is 125 cm³/mol. The number of amides is 3. The molecule has 0 spiro atoms. The van der Waals surface area contributed by atoms with Crippen molar-refractivity contribution in [2.45, 2.75) is 34.1 Å². The summed E-state index contributed by atoms with van der Waals surface area (Å²) in [6.07, 6.45) is 0.566. The molecule has 0 saturated carbocycles. The van der Waals surface area contributed by atoms with E-state index >= 15 is 0 Å². The van der Waals surface area contributed by atoms with Crippen molar-refractivity contribution < 1.29 is 19.1 Å². The van der Waals surface area contributed by atoms with Gasteiger partial charge in [0.25, 0.3) is 11.8 Å². The number of nitrogens with one attached hydrogen (secondary N) is 2. The first-order chi connectivity index (χ1) is 15.3. The first-order valence-corrected chi connectivity index (χ1v) is 10.7. The number of nitrogens with zero attached hydrogens (tertiary/aromatic N) is 1. The van der Waals surface area contributed by atoms with Crippen LogP contribution in [0.25, 0.3) is 5.57 Å². The van der Waals surface area contributed by atoms with Crippen molar-refractivity contribution in [1.29, 1.82) is 0 Å². The molecule has 0 aromatic heterocycles. The molecule has 0 unspecified atom stereocenters. The Bertz CT molecular complexity index is 1060. The largest absolute Gasteiger partial charge is 0.382 e. The Morgan fingerprint density at radius 1 is 1.03 bits per heavy atom. The summed E-state index contributed by atoms with van der Waals surface area (Å²) in [5.41, 5.74) is 4.69. The number of anilines is 2.